The molecule has 8 nitrogen and oxygen atoms in total. The van der Waals surface area contributed by atoms with Crippen LogP contribution in [0.3, 0.4) is 0 Å². The second-order valence-corrected chi connectivity index (χ2v) is 7.44. The Labute approximate surface area is 191 Å². The number of ether oxygens (including phenoxy) is 1. The number of hydrogen-bond acceptors (Lipinski definition) is 6. The van der Waals surface area contributed by atoms with E-state index in [0.717, 1.165) is 5.56 Å². The van der Waals surface area contributed by atoms with Crippen molar-refractivity contribution in [3.8, 4) is 5.75 Å². The fraction of sp³-hybridized carbons (Fsp3) is 0.100. The molecule has 0 radical (unpaired) electrons. The molecule has 1 heterocycles. The van der Waals surface area contributed by atoms with Crippen molar-refractivity contribution in [1.29, 1.82) is 0 Å². The Morgan fingerprint density at radius 2 is 1.84 bits per heavy atom. The first-order valence-corrected chi connectivity index (χ1v) is 9.84. The molecule has 0 aliphatic carbocycles. The lowest BCUT2D eigenvalue weighted by Crippen LogP contribution is -2.20. The van der Waals surface area contributed by atoms with Gasteiger partial charge in [-0.15, -0.1) is 0 Å². The van der Waals surface area contributed by atoms with Gasteiger partial charge in [-0.1, -0.05) is 58.2 Å². The molecule has 1 amide bonds. The van der Waals surface area contributed by atoms with E-state index in [0.29, 0.717) is 11.4 Å². The monoisotopic (exact) mass is 481 g/mol. The third-order valence-corrected chi connectivity index (χ3v) is 5.04. The zero-order valence-electron chi connectivity index (χ0n) is 15.9. The van der Waals surface area contributed by atoms with Gasteiger partial charge in [0.25, 0.3) is 5.91 Å². The number of benzene rings is 2. The molecule has 0 unspecified atom stereocenters. The highest BCUT2D eigenvalue weighted by molar-refractivity contribution is 6.44. The largest absolute Gasteiger partial charge is 0.484 e. The minimum Gasteiger partial charge on any atom is -0.484 e. The normalized spacial score (nSPS) is 11.0. The number of carbonyl (C=O) groups is 1. The molecule has 2 aromatic carbocycles. The van der Waals surface area contributed by atoms with Gasteiger partial charge >= 0.3 is 5.69 Å². The van der Waals surface area contributed by atoms with Gasteiger partial charge in [0.15, 0.2) is 12.3 Å². The van der Waals surface area contributed by atoms with Crippen LogP contribution < -0.4 is 10.1 Å². The molecule has 31 heavy (non-hydrogen) atoms. The first-order valence-electron chi connectivity index (χ1n) is 8.70. The Bertz CT molecular complexity index is 1160. The van der Waals surface area contributed by atoms with Gasteiger partial charge in [-0.05, 0) is 42.8 Å². The predicted octanol–water partition coefficient (Wildman–Crippen LogP) is 6.04. The van der Waals surface area contributed by atoms with Crippen LogP contribution in [0.2, 0.25) is 15.1 Å². The van der Waals surface area contributed by atoms with E-state index in [9.17, 15) is 14.9 Å². The maximum absolute atomic E-state index is 12.1. The molecule has 0 aliphatic rings. The van der Waals surface area contributed by atoms with Crippen molar-refractivity contribution >= 4 is 64.2 Å². The smallest absolute Gasteiger partial charge is 0.338 e. The van der Waals surface area contributed by atoms with Crippen molar-refractivity contribution in [2.24, 2.45) is 0 Å². The molecule has 0 atom stereocenters. The number of nitrogens with one attached hydrogen (secondary N) is 1. The highest BCUT2D eigenvalue weighted by atomic mass is 35.5. The Morgan fingerprint density at radius 1 is 1.16 bits per heavy atom. The van der Waals surface area contributed by atoms with Crippen LogP contribution in [-0.2, 0) is 4.79 Å². The highest BCUT2D eigenvalue weighted by Gasteiger charge is 2.21. The van der Waals surface area contributed by atoms with Crippen LogP contribution in [0.25, 0.3) is 12.2 Å². The number of nitrogens with zero attached hydrogens (tertiary/aromatic N) is 2. The summed E-state index contributed by atoms with van der Waals surface area (Å²) >= 11 is 17.8. The second-order valence-electron chi connectivity index (χ2n) is 6.22. The number of aromatic nitrogens is 1. The lowest BCUT2D eigenvalue weighted by Gasteiger charge is -2.10. The average molecular weight is 483 g/mol. The SMILES string of the molecule is Cc1noc(/C=C/c2ccc(OCC(=O)Nc3cc(Cl)c(Cl)cc3Cl)cc2)c1[N+](=O)[O-]. The van der Waals surface area contributed by atoms with Gasteiger partial charge in [0.05, 0.1) is 25.7 Å². The molecule has 1 N–H and O–H groups in total. The summed E-state index contributed by atoms with van der Waals surface area (Å²) in [5.41, 5.74) is 1.09. The van der Waals surface area contributed by atoms with Crippen LogP contribution in [0.1, 0.15) is 17.0 Å². The molecule has 0 saturated heterocycles. The second kappa shape index (κ2) is 9.82. The summed E-state index contributed by atoms with van der Waals surface area (Å²) in [6, 6.07) is 9.62. The maximum Gasteiger partial charge on any atom is 0.338 e. The molecule has 0 spiro atoms. The summed E-state index contributed by atoms with van der Waals surface area (Å²) in [5, 5.41) is 18.0. The number of hydrogen-bond donors (Lipinski definition) is 1. The molecular formula is C20H14Cl3N3O5. The van der Waals surface area contributed by atoms with E-state index >= 15 is 0 Å². The molecule has 1 aromatic heterocycles. The van der Waals surface area contributed by atoms with Crippen LogP contribution >= 0.6 is 34.8 Å². The van der Waals surface area contributed by atoms with E-state index in [2.05, 4.69) is 10.5 Å². The molecule has 11 heteroatoms. The molecule has 0 bridgehead atoms. The Kier molecular flexibility index (Phi) is 7.17. The minimum atomic E-state index is -0.543. The fourth-order valence-corrected chi connectivity index (χ4v) is 3.11. The van der Waals surface area contributed by atoms with E-state index in [1.54, 1.807) is 30.3 Å². The van der Waals surface area contributed by atoms with Gasteiger partial charge in [0, 0.05) is 0 Å². The van der Waals surface area contributed by atoms with Gasteiger partial charge in [0.1, 0.15) is 5.75 Å². The average Bonchev–Trinajstić information content (AvgIpc) is 3.10. The Balaban J connectivity index is 1.58. The third kappa shape index (κ3) is 5.75. The predicted molar refractivity (Wildman–Crippen MR) is 119 cm³/mol. The first-order chi connectivity index (χ1) is 14.7. The van der Waals surface area contributed by atoms with Crippen LogP contribution in [0.4, 0.5) is 11.4 Å². The first kappa shape index (κ1) is 22.6. The lowest BCUT2D eigenvalue weighted by atomic mass is 10.2. The molecule has 0 aliphatic heterocycles. The number of anilines is 1. The third-order valence-electron chi connectivity index (χ3n) is 4.00. The van der Waals surface area contributed by atoms with Gasteiger partial charge in [-0.25, -0.2) is 0 Å². The van der Waals surface area contributed by atoms with Crippen LogP contribution in [0, 0.1) is 17.0 Å². The quantitative estimate of drug-likeness (QED) is 0.250. The van der Waals surface area contributed by atoms with Crippen molar-refractivity contribution in [2.45, 2.75) is 6.92 Å². The van der Waals surface area contributed by atoms with Crippen molar-refractivity contribution in [1.82, 2.24) is 5.16 Å². The highest BCUT2D eigenvalue weighted by Crippen LogP contribution is 2.32. The molecule has 3 aromatic rings. The van der Waals surface area contributed by atoms with Gasteiger partial charge in [-0.3, -0.25) is 14.9 Å². The van der Waals surface area contributed by atoms with Gasteiger partial charge < -0.3 is 14.6 Å². The Morgan fingerprint density at radius 3 is 2.52 bits per heavy atom. The number of amides is 1. The molecule has 160 valence electrons. The van der Waals surface area contributed by atoms with Gasteiger partial charge in [0.2, 0.25) is 5.76 Å². The number of aryl methyl sites for hydroxylation is 1. The molecular weight excluding hydrogens is 469 g/mol. The van der Waals surface area contributed by atoms with Crippen molar-refractivity contribution in [3.63, 3.8) is 0 Å². The maximum atomic E-state index is 12.1. The van der Waals surface area contributed by atoms with E-state index in [1.807, 2.05) is 0 Å². The molecule has 3 rings (SSSR count). The van der Waals surface area contributed by atoms with Crippen LogP contribution in [-0.4, -0.2) is 22.6 Å². The van der Waals surface area contributed by atoms with Crippen LogP contribution in [0.5, 0.6) is 5.75 Å². The topological polar surface area (TPSA) is 108 Å². The van der Waals surface area contributed by atoms with E-state index in [1.165, 1.54) is 25.1 Å². The molecule has 0 fully saturated rings. The summed E-state index contributed by atoms with van der Waals surface area (Å²) < 4.78 is 10.4. The lowest BCUT2D eigenvalue weighted by molar-refractivity contribution is -0.386. The fourth-order valence-electron chi connectivity index (χ4n) is 2.51. The standard InChI is InChI=1S/C20H14Cl3N3O5/c1-11-20(26(28)29)18(31-25-11)7-4-12-2-5-13(6-3-12)30-10-19(27)24-17-9-15(22)14(21)8-16(17)23/h2-9H,10H2,1H3,(H,24,27)/b7-4+. The summed E-state index contributed by atoms with van der Waals surface area (Å²) in [6.07, 6.45) is 3.10. The number of rotatable bonds is 7. The number of nitro groups is 1. The summed E-state index contributed by atoms with van der Waals surface area (Å²) in [7, 11) is 0. The zero-order chi connectivity index (χ0) is 22.5. The minimum absolute atomic E-state index is 0.0560. The van der Waals surface area contributed by atoms with Crippen molar-refractivity contribution < 1.29 is 19.0 Å². The number of halogens is 3. The Hall–Kier alpha value is -3.07. The summed E-state index contributed by atoms with van der Waals surface area (Å²) in [6.45, 7) is 1.24. The summed E-state index contributed by atoms with van der Waals surface area (Å²) in [4.78, 5) is 22.6. The molecule has 0 saturated carbocycles. The van der Waals surface area contributed by atoms with E-state index in [-0.39, 0.29) is 38.8 Å². The van der Waals surface area contributed by atoms with E-state index in [4.69, 9.17) is 44.1 Å². The van der Waals surface area contributed by atoms with Crippen LogP contribution in [0.15, 0.2) is 40.9 Å². The van der Waals surface area contributed by atoms with Gasteiger partial charge in [-0.2, -0.15) is 0 Å². The van der Waals surface area contributed by atoms with Crippen molar-refractivity contribution in [3.05, 3.63) is 78.6 Å². The summed E-state index contributed by atoms with van der Waals surface area (Å²) in [5.74, 6) is 0.0757. The van der Waals surface area contributed by atoms with E-state index < -0.39 is 10.8 Å². The number of carbonyl (C=O) groups excluding carboxylic acids is 1. The van der Waals surface area contributed by atoms with Crippen molar-refractivity contribution in [2.75, 3.05) is 11.9 Å². The zero-order valence-corrected chi connectivity index (χ0v) is 18.2.